The van der Waals surface area contributed by atoms with Crippen molar-refractivity contribution in [1.82, 2.24) is 5.32 Å². The van der Waals surface area contributed by atoms with Gasteiger partial charge in [0, 0.05) is 0 Å². The molecule has 1 aromatic carbocycles. The van der Waals surface area contributed by atoms with Crippen LogP contribution in [0.2, 0.25) is 0 Å². The van der Waals surface area contributed by atoms with Crippen molar-refractivity contribution in [1.29, 1.82) is 0 Å². The summed E-state index contributed by atoms with van der Waals surface area (Å²) in [6.07, 6.45) is 2.38. The van der Waals surface area contributed by atoms with Crippen LogP contribution >= 0.6 is 0 Å². The van der Waals surface area contributed by atoms with Crippen LogP contribution in [0.5, 0.6) is 0 Å². The number of rotatable bonds is 4. The molecule has 17 heavy (non-hydrogen) atoms. The molecule has 2 rings (SSSR count). The Labute approximate surface area is 102 Å². The summed E-state index contributed by atoms with van der Waals surface area (Å²) in [5, 5.41) is 3.05. The molecule has 2 atom stereocenters. The molecule has 1 amide bonds. The molecule has 1 aliphatic rings. The first kappa shape index (κ1) is 12.1. The van der Waals surface area contributed by atoms with Crippen molar-refractivity contribution >= 4 is 5.91 Å². The van der Waals surface area contributed by atoms with Gasteiger partial charge in [-0.15, -0.1) is 0 Å². The van der Waals surface area contributed by atoms with Crippen molar-refractivity contribution in [2.24, 2.45) is 11.7 Å². The predicted octanol–water partition coefficient (Wildman–Crippen LogP) is 1.91. The number of aryl methyl sites for hydroxylation is 1. The predicted molar refractivity (Wildman–Crippen MR) is 68.4 cm³/mol. The van der Waals surface area contributed by atoms with Crippen LogP contribution in [0, 0.1) is 12.8 Å². The fourth-order valence-electron chi connectivity index (χ4n) is 1.96. The Balaban J connectivity index is 2.12. The normalized spacial score (nSPS) is 18.5. The molecule has 0 bridgehead atoms. The van der Waals surface area contributed by atoms with Gasteiger partial charge in [-0.25, -0.2) is 0 Å². The van der Waals surface area contributed by atoms with E-state index in [1.807, 2.05) is 0 Å². The maximum atomic E-state index is 11.7. The number of carbonyl (C=O) groups is 1. The molecule has 0 radical (unpaired) electrons. The number of amides is 1. The van der Waals surface area contributed by atoms with Crippen molar-refractivity contribution in [3.8, 4) is 0 Å². The third kappa shape index (κ3) is 3.07. The first-order valence-corrected chi connectivity index (χ1v) is 6.20. The second-order valence-corrected chi connectivity index (χ2v) is 5.02. The van der Waals surface area contributed by atoms with Gasteiger partial charge in [-0.1, -0.05) is 29.8 Å². The summed E-state index contributed by atoms with van der Waals surface area (Å²) in [6.45, 7) is 3.78. The second-order valence-electron chi connectivity index (χ2n) is 5.02. The maximum absolute atomic E-state index is 11.7. The molecule has 0 aliphatic heterocycles. The van der Waals surface area contributed by atoms with Crippen LogP contribution in [0.15, 0.2) is 24.3 Å². The van der Waals surface area contributed by atoms with Gasteiger partial charge in [0.25, 0.3) is 0 Å². The zero-order valence-corrected chi connectivity index (χ0v) is 10.4. The Morgan fingerprint density at radius 1 is 1.35 bits per heavy atom. The topological polar surface area (TPSA) is 55.1 Å². The molecule has 0 saturated heterocycles. The van der Waals surface area contributed by atoms with Crippen LogP contribution in [0.1, 0.15) is 36.9 Å². The lowest BCUT2D eigenvalue weighted by Gasteiger charge is -2.20. The molecular formula is C14H20N2O. The lowest BCUT2D eigenvalue weighted by molar-refractivity contribution is -0.122. The summed E-state index contributed by atoms with van der Waals surface area (Å²) in [5.41, 5.74) is 8.02. The van der Waals surface area contributed by atoms with E-state index in [9.17, 15) is 4.79 Å². The molecule has 1 aromatic rings. The van der Waals surface area contributed by atoms with Gasteiger partial charge in [-0.2, -0.15) is 0 Å². The lowest BCUT2D eigenvalue weighted by Crippen LogP contribution is -2.40. The number of nitrogens with two attached hydrogens (primary N) is 1. The minimum Gasteiger partial charge on any atom is -0.348 e. The highest BCUT2D eigenvalue weighted by molar-refractivity contribution is 5.81. The molecule has 1 aliphatic carbocycles. The minimum atomic E-state index is -0.443. The van der Waals surface area contributed by atoms with Gasteiger partial charge in [0.1, 0.15) is 0 Å². The van der Waals surface area contributed by atoms with Crippen LogP contribution in [0.25, 0.3) is 0 Å². The van der Waals surface area contributed by atoms with Crippen LogP contribution in [0.4, 0.5) is 0 Å². The Morgan fingerprint density at radius 2 is 1.94 bits per heavy atom. The summed E-state index contributed by atoms with van der Waals surface area (Å²) in [5.74, 6) is 0.517. The zero-order valence-electron chi connectivity index (χ0n) is 10.4. The summed E-state index contributed by atoms with van der Waals surface area (Å²) in [6, 6.07) is 8.06. The summed E-state index contributed by atoms with van der Waals surface area (Å²) < 4.78 is 0. The first-order chi connectivity index (χ1) is 8.08. The third-order valence-corrected chi connectivity index (χ3v) is 3.24. The number of carbonyl (C=O) groups excluding carboxylic acids is 1. The first-order valence-electron chi connectivity index (χ1n) is 6.20. The van der Waals surface area contributed by atoms with Gasteiger partial charge in [0.05, 0.1) is 12.1 Å². The van der Waals surface area contributed by atoms with E-state index in [2.05, 4.69) is 36.5 Å². The zero-order chi connectivity index (χ0) is 12.4. The fraction of sp³-hybridized carbons (Fsp3) is 0.500. The van der Waals surface area contributed by atoms with E-state index in [-0.39, 0.29) is 11.9 Å². The largest absolute Gasteiger partial charge is 0.348 e. The van der Waals surface area contributed by atoms with Gasteiger partial charge in [0.2, 0.25) is 5.91 Å². The van der Waals surface area contributed by atoms with Crippen molar-refractivity contribution in [3.05, 3.63) is 35.4 Å². The van der Waals surface area contributed by atoms with Crippen molar-refractivity contribution in [2.75, 3.05) is 0 Å². The Morgan fingerprint density at radius 3 is 2.41 bits per heavy atom. The average molecular weight is 232 g/mol. The molecule has 3 nitrogen and oxygen atoms in total. The summed E-state index contributed by atoms with van der Waals surface area (Å²) in [7, 11) is 0. The quantitative estimate of drug-likeness (QED) is 0.833. The van der Waals surface area contributed by atoms with E-state index >= 15 is 0 Å². The number of hydrogen-bond donors (Lipinski definition) is 2. The van der Waals surface area contributed by atoms with E-state index in [0.29, 0.717) is 5.92 Å². The van der Waals surface area contributed by atoms with Crippen LogP contribution in [0.3, 0.4) is 0 Å². The molecule has 0 aromatic heterocycles. The Hall–Kier alpha value is -1.35. The highest BCUT2D eigenvalue weighted by atomic mass is 16.2. The van der Waals surface area contributed by atoms with E-state index in [1.165, 1.54) is 24.0 Å². The molecule has 3 heteroatoms. The molecule has 1 saturated carbocycles. The number of hydrogen-bond acceptors (Lipinski definition) is 2. The average Bonchev–Trinajstić information content (AvgIpc) is 3.10. The smallest absolute Gasteiger partial charge is 0.237 e. The molecule has 0 spiro atoms. The standard InChI is InChI=1S/C14H20N2O/c1-9-3-5-11(6-4-9)13(12-7-8-12)16-14(17)10(2)15/h3-6,10,12-13H,7-8,15H2,1-2H3,(H,16,17)/t10-,13?/m1/s1. The van der Waals surface area contributed by atoms with Crippen molar-refractivity contribution < 1.29 is 4.79 Å². The van der Waals surface area contributed by atoms with E-state index in [0.717, 1.165) is 0 Å². The van der Waals surface area contributed by atoms with Gasteiger partial charge < -0.3 is 11.1 Å². The molecule has 3 N–H and O–H groups in total. The van der Waals surface area contributed by atoms with E-state index in [4.69, 9.17) is 5.73 Å². The molecule has 1 unspecified atom stereocenters. The van der Waals surface area contributed by atoms with Gasteiger partial charge >= 0.3 is 0 Å². The van der Waals surface area contributed by atoms with Gasteiger partial charge in [-0.3, -0.25) is 4.79 Å². The number of nitrogens with one attached hydrogen (secondary N) is 1. The molecule has 0 heterocycles. The Kier molecular flexibility index (Phi) is 3.48. The minimum absolute atomic E-state index is 0.0672. The van der Waals surface area contributed by atoms with Gasteiger partial charge in [-0.05, 0) is 38.2 Å². The SMILES string of the molecule is Cc1ccc(C(NC(=O)[C@@H](C)N)C2CC2)cc1. The van der Waals surface area contributed by atoms with Crippen LogP contribution in [-0.4, -0.2) is 11.9 Å². The van der Waals surface area contributed by atoms with Crippen LogP contribution in [-0.2, 0) is 4.79 Å². The van der Waals surface area contributed by atoms with Crippen LogP contribution < -0.4 is 11.1 Å². The van der Waals surface area contributed by atoms with Crippen molar-refractivity contribution in [3.63, 3.8) is 0 Å². The maximum Gasteiger partial charge on any atom is 0.237 e. The highest BCUT2D eigenvalue weighted by Crippen LogP contribution is 2.41. The van der Waals surface area contributed by atoms with E-state index in [1.54, 1.807) is 6.92 Å². The lowest BCUT2D eigenvalue weighted by atomic mass is 10.0. The summed E-state index contributed by atoms with van der Waals surface area (Å²) in [4.78, 5) is 11.7. The second kappa shape index (κ2) is 4.88. The monoisotopic (exact) mass is 232 g/mol. The Bertz CT molecular complexity index is 393. The molecule has 1 fully saturated rings. The van der Waals surface area contributed by atoms with Crippen molar-refractivity contribution in [2.45, 2.75) is 38.8 Å². The number of benzene rings is 1. The summed E-state index contributed by atoms with van der Waals surface area (Å²) >= 11 is 0. The highest BCUT2D eigenvalue weighted by Gasteiger charge is 2.33. The van der Waals surface area contributed by atoms with Gasteiger partial charge in [0.15, 0.2) is 0 Å². The van der Waals surface area contributed by atoms with E-state index < -0.39 is 6.04 Å². The fourth-order valence-corrected chi connectivity index (χ4v) is 1.96. The third-order valence-electron chi connectivity index (χ3n) is 3.24. The molecule has 92 valence electrons. The molecular weight excluding hydrogens is 212 g/mol.